The van der Waals surface area contributed by atoms with Gasteiger partial charge in [-0.3, -0.25) is 9.36 Å². The fourth-order valence-electron chi connectivity index (χ4n) is 4.92. The Morgan fingerprint density at radius 2 is 1.81 bits per heavy atom. The Morgan fingerprint density at radius 3 is 2.59 bits per heavy atom. The van der Waals surface area contributed by atoms with Gasteiger partial charge in [-0.15, -0.1) is 0 Å². The number of fused-ring (bicyclic) bond motifs is 3. The summed E-state index contributed by atoms with van der Waals surface area (Å²) < 4.78 is 2.03. The first kappa shape index (κ1) is 17.0. The van der Waals surface area contributed by atoms with Gasteiger partial charge in [-0.2, -0.15) is 0 Å². The van der Waals surface area contributed by atoms with Crippen LogP contribution in [0.3, 0.4) is 0 Å². The third-order valence-electron chi connectivity index (χ3n) is 6.42. The maximum atomic E-state index is 13.9. The Kier molecular flexibility index (Phi) is 3.75. The summed E-state index contributed by atoms with van der Waals surface area (Å²) in [6.45, 7) is 4.06. The quantitative estimate of drug-likeness (QED) is 0.623. The second-order valence-electron chi connectivity index (χ2n) is 8.21. The van der Waals surface area contributed by atoms with Gasteiger partial charge in [-0.1, -0.05) is 41.9 Å². The number of aromatic nitrogens is 1. The molecule has 0 amide bonds. The van der Waals surface area contributed by atoms with Crippen LogP contribution >= 0.6 is 11.6 Å². The molecule has 3 nitrogen and oxygen atoms in total. The van der Waals surface area contributed by atoms with E-state index >= 15 is 0 Å². The number of carbonyl (C=O) groups is 1. The predicted octanol–water partition coefficient (Wildman–Crippen LogP) is 4.48. The van der Waals surface area contributed by atoms with Crippen molar-refractivity contribution in [2.24, 2.45) is 0 Å². The summed E-state index contributed by atoms with van der Waals surface area (Å²) in [6.07, 6.45) is 2.55. The van der Waals surface area contributed by atoms with Gasteiger partial charge in [0.2, 0.25) is 5.91 Å². The maximum absolute atomic E-state index is 13.9. The summed E-state index contributed by atoms with van der Waals surface area (Å²) in [7, 11) is 2.15. The zero-order chi connectivity index (χ0) is 18.8. The topological polar surface area (TPSA) is 25.2 Å². The SMILES string of the molecule is CN1CCc2c(n3c4c(cc(Cl)cc24)CC(C)(c2ccccc2)C3=O)CC1. The number of halogens is 1. The van der Waals surface area contributed by atoms with Crippen LogP contribution in [0.4, 0.5) is 0 Å². The van der Waals surface area contributed by atoms with Gasteiger partial charge in [0.1, 0.15) is 0 Å². The Morgan fingerprint density at radius 1 is 1.07 bits per heavy atom. The molecule has 3 aromatic rings. The van der Waals surface area contributed by atoms with Gasteiger partial charge in [0.05, 0.1) is 10.9 Å². The highest BCUT2D eigenvalue weighted by molar-refractivity contribution is 6.31. The smallest absolute Gasteiger partial charge is 0.242 e. The highest BCUT2D eigenvalue weighted by Gasteiger charge is 2.43. The summed E-state index contributed by atoms with van der Waals surface area (Å²) in [5.41, 5.74) is 5.27. The largest absolute Gasteiger partial charge is 0.306 e. The van der Waals surface area contributed by atoms with Crippen molar-refractivity contribution in [1.82, 2.24) is 9.47 Å². The minimum atomic E-state index is -0.573. The van der Waals surface area contributed by atoms with Crippen LogP contribution in [0.2, 0.25) is 5.02 Å². The van der Waals surface area contributed by atoms with Crippen molar-refractivity contribution in [3.05, 3.63) is 69.9 Å². The third kappa shape index (κ3) is 2.41. The lowest BCUT2D eigenvalue weighted by molar-refractivity contribution is 0.0800. The van der Waals surface area contributed by atoms with Crippen molar-refractivity contribution in [2.45, 2.75) is 31.6 Å². The van der Waals surface area contributed by atoms with Crippen LogP contribution in [0.5, 0.6) is 0 Å². The van der Waals surface area contributed by atoms with Crippen molar-refractivity contribution in [3.8, 4) is 0 Å². The molecule has 27 heavy (non-hydrogen) atoms. The molecule has 1 unspecified atom stereocenters. The second-order valence-corrected chi connectivity index (χ2v) is 8.64. The zero-order valence-electron chi connectivity index (χ0n) is 15.8. The first-order valence-electron chi connectivity index (χ1n) is 9.62. The second kappa shape index (κ2) is 5.95. The number of benzene rings is 2. The van der Waals surface area contributed by atoms with E-state index in [9.17, 15) is 4.79 Å². The van der Waals surface area contributed by atoms with Crippen LogP contribution in [0.25, 0.3) is 10.9 Å². The number of likely N-dealkylation sites (N-methyl/N-ethyl adjacent to an activating group) is 1. The van der Waals surface area contributed by atoms with Gasteiger partial charge >= 0.3 is 0 Å². The number of rotatable bonds is 1. The molecule has 0 radical (unpaired) electrons. The molecule has 138 valence electrons. The summed E-state index contributed by atoms with van der Waals surface area (Å²) in [5.74, 6) is 0.194. The van der Waals surface area contributed by atoms with Gasteiger partial charge < -0.3 is 4.90 Å². The normalized spacial score (nSPS) is 22.7. The number of nitrogens with zero attached hydrogens (tertiary/aromatic N) is 2. The van der Waals surface area contributed by atoms with Crippen LogP contribution in [0.1, 0.15) is 34.1 Å². The zero-order valence-corrected chi connectivity index (χ0v) is 16.5. The van der Waals surface area contributed by atoms with E-state index in [1.54, 1.807) is 0 Å². The van der Waals surface area contributed by atoms with Crippen molar-refractivity contribution in [1.29, 1.82) is 0 Å². The van der Waals surface area contributed by atoms with Gasteiger partial charge in [0, 0.05) is 35.6 Å². The van der Waals surface area contributed by atoms with Crippen molar-refractivity contribution < 1.29 is 4.79 Å². The Labute approximate surface area is 164 Å². The molecule has 1 atom stereocenters. The van der Waals surface area contributed by atoms with Crippen LogP contribution in [0.15, 0.2) is 42.5 Å². The van der Waals surface area contributed by atoms with Gasteiger partial charge in [-0.05, 0) is 55.6 Å². The standard InChI is InChI=1S/C23H23ClN2O/c1-23(16-6-4-3-5-7-16)14-15-12-17(24)13-19-18-8-10-25(2)11-9-20(18)26(21(15)19)22(23)27/h3-7,12-13H,8-11,14H2,1-2H3. The summed E-state index contributed by atoms with van der Waals surface area (Å²) in [6, 6.07) is 14.3. The first-order chi connectivity index (χ1) is 13.0. The van der Waals surface area contributed by atoms with Crippen molar-refractivity contribution in [2.75, 3.05) is 20.1 Å². The number of hydrogen-bond donors (Lipinski definition) is 0. The number of hydrogen-bond acceptors (Lipinski definition) is 2. The van der Waals surface area contributed by atoms with Crippen LogP contribution in [-0.2, 0) is 24.7 Å². The first-order valence-corrected chi connectivity index (χ1v) is 10.0. The van der Waals surface area contributed by atoms with Crippen molar-refractivity contribution >= 4 is 28.4 Å². The molecule has 0 bridgehead atoms. The number of carbonyl (C=O) groups excluding carboxylic acids is 1. The fraction of sp³-hybridized carbons (Fsp3) is 0.348. The van der Waals surface area contributed by atoms with Crippen LogP contribution in [0, 0.1) is 0 Å². The Balaban J connectivity index is 1.80. The molecule has 0 fully saturated rings. The Hall–Kier alpha value is -2.10. The molecule has 0 N–H and O–H groups in total. The molecule has 1 aromatic heterocycles. The molecule has 0 aliphatic carbocycles. The lowest BCUT2D eigenvalue weighted by Crippen LogP contribution is -2.42. The fourth-order valence-corrected chi connectivity index (χ4v) is 5.16. The molecule has 4 heteroatoms. The minimum absolute atomic E-state index is 0.194. The molecule has 0 saturated carbocycles. The third-order valence-corrected chi connectivity index (χ3v) is 6.64. The molecule has 2 aliphatic heterocycles. The molecular weight excluding hydrogens is 356 g/mol. The van der Waals surface area contributed by atoms with E-state index in [-0.39, 0.29) is 5.91 Å². The predicted molar refractivity (Wildman–Crippen MR) is 110 cm³/mol. The van der Waals surface area contributed by atoms with Crippen molar-refractivity contribution in [3.63, 3.8) is 0 Å². The van der Waals surface area contributed by atoms with Gasteiger partial charge in [0.25, 0.3) is 0 Å². The summed E-state index contributed by atoms with van der Waals surface area (Å²) in [4.78, 5) is 16.2. The van der Waals surface area contributed by atoms with Gasteiger partial charge in [-0.25, -0.2) is 0 Å². The molecule has 2 aliphatic rings. The summed E-state index contributed by atoms with van der Waals surface area (Å²) in [5, 5.41) is 1.94. The average molecular weight is 379 g/mol. The van der Waals surface area contributed by atoms with E-state index in [0.29, 0.717) is 6.42 Å². The average Bonchev–Trinajstić information content (AvgIpc) is 2.84. The molecular formula is C23H23ClN2O. The van der Waals surface area contributed by atoms with Crippen LogP contribution < -0.4 is 0 Å². The van der Waals surface area contributed by atoms with E-state index < -0.39 is 5.41 Å². The minimum Gasteiger partial charge on any atom is -0.306 e. The molecule has 3 heterocycles. The van der Waals surface area contributed by atoms with Crippen LogP contribution in [-0.4, -0.2) is 35.5 Å². The summed E-state index contributed by atoms with van der Waals surface area (Å²) >= 11 is 6.52. The van der Waals surface area contributed by atoms with E-state index in [1.807, 2.05) is 22.8 Å². The monoisotopic (exact) mass is 378 g/mol. The molecule has 0 spiro atoms. The molecule has 5 rings (SSSR count). The Bertz CT molecular complexity index is 1070. The highest BCUT2D eigenvalue weighted by Crippen LogP contribution is 2.43. The molecule has 2 aromatic carbocycles. The van der Waals surface area contributed by atoms with E-state index in [0.717, 1.165) is 42.0 Å². The highest BCUT2D eigenvalue weighted by atomic mass is 35.5. The lowest BCUT2D eigenvalue weighted by Gasteiger charge is -2.34. The van der Waals surface area contributed by atoms with E-state index in [4.69, 9.17) is 11.6 Å². The van der Waals surface area contributed by atoms with Gasteiger partial charge in [0.15, 0.2) is 0 Å². The maximum Gasteiger partial charge on any atom is 0.242 e. The molecule has 0 saturated heterocycles. The lowest BCUT2D eigenvalue weighted by atomic mass is 9.74. The van der Waals surface area contributed by atoms with E-state index in [1.165, 1.54) is 22.2 Å². The van der Waals surface area contributed by atoms with E-state index in [2.05, 4.69) is 43.1 Å².